The van der Waals surface area contributed by atoms with Gasteiger partial charge in [0.1, 0.15) is 0 Å². The molecule has 15 heavy (non-hydrogen) atoms. The summed E-state index contributed by atoms with van der Waals surface area (Å²) >= 11 is 1.51. The van der Waals surface area contributed by atoms with Gasteiger partial charge in [-0.1, -0.05) is 0 Å². The summed E-state index contributed by atoms with van der Waals surface area (Å²) in [7, 11) is 0. The Balaban J connectivity index is 2.17. The van der Waals surface area contributed by atoms with Gasteiger partial charge < -0.3 is 5.73 Å². The van der Waals surface area contributed by atoms with Gasteiger partial charge in [0, 0.05) is 41.0 Å². The highest BCUT2D eigenvalue weighted by molar-refractivity contribution is 7.08. The third-order valence-corrected chi connectivity index (χ3v) is 2.82. The maximum Gasteiger partial charge on any atom is 0.168 e. The van der Waals surface area contributed by atoms with E-state index in [0.717, 1.165) is 11.1 Å². The molecule has 0 aromatic carbocycles. The molecule has 0 aliphatic heterocycles. The Labute approximate surface area is 91.6 Å². The molecule has 0 saturated carbocycles. The highest BCUT2D eigenvalue weighted by Crippen LogP contribution is 2.14. The van der Waals surface area contributed by atoms with Crippen LogP contribution in [0.3, 0.4) is 0 Å². The SMILES string of the molecule is Nc1ccncc1CC(=O)c1ccsc1. The first kappa shape index (κ1) is 9.86. The van der Waals surface area contributed by atoms with Crippen molar-refractivity contribution in [2.45, 2.75) is 6.42 Å². The molecule has 76 valence electrons. The summed E-state index contributed by atoms with van der Waals surface area (Å²) in [5.41, 5.74) is 7.88. The summed E-state index contributed by atoms with van der Waals surface area (Å²) in [6.07, 6.45) is 3.57. The van der Waals surface area contributed by atoms with Gasteiger partial charge in [0.2, 0.25) is 0 Å². The Kier molecular flexibility index (Phi) is 2.78. The number of rotatable bonds is 3. The molecule has 2 heterocycles. The topological polar surface area (TPSA) is 56.0 Å². The molecule has 4 heteroatoms. The Morgan fingerprint density at radius 2 is 2.33 bits per heavy atom. The van der Waals surface area contributed by atoms with Crippen LogP contribution in [0.25, 0.3) is 0 Å². The molecule has 0 saturated heterocycles. The number of nitrogens with zero attached hydrogens (tertiary/aromatic N) is 1. The van der Waals surface area contributed by atoms with Crippen molar-refractivity contribution in [1.29, 1.82) is 0 Å². The van der Waals surface area contributed by atoms with E-state index in [-0.39, 0.29) is 5.78 Å². The first-order chi connectivity index (χ1) is 7.27. The van der Waals surface area contributed by atoms with Crippen LogP contribution in [-0.2, 0) is 6.42 Å². The van der Waals surface area contributed by atoms with Gasteiger partial charge >= 0.3 is 0 Å². The number of thiophene rings is 1. The lowest BCUT2D eigenvalue weighted by molar-refractivity contribution is 0.0993. The van der Waals surface area contributed by atoms with E-state index in [1.54, 1.807) is 18.5 Å². The predicted molar refractivity (Wildman–Crippen MR) is 61.0 cm³/mol. The zero-order chi connectivity index (χ0) is 10.7. The Morgan fingerprint density at radius 1 is 1.47 bits per heavy atom. The van der Waals surface area contributed by atoms with Crippen molar-refractivity contribution in [3.8, 4) is 0 Å². The number of nitrogens with two attached hydrogens (primary N) is 1. The molecule has 2 rings (SSSR count). The molecule has 0 spiro atoms. The number of nitrogen functional groups attached to an aromatic ring is 1. The zero-order valence-electron chi connectivity index (χ0n) is 8.01. The largest absolute Gasteiger partial charge is 0.398 e. The van der Waals surface area contributed by atoms with Gasteiger partial charge in [0.05, 0.1) is 0 Å². The molecule has 0 bridgehead atoms. The number of aromatic nitrogens is 1. The van der Waals surface area contributed by atoms with E-state index < -0.39 is 0 Å². The molecule has 0 unspecified atom stereocenters. The summed E-state index contributed by atoms with van der Waals surface area (Å²) in [6, 6.07) is 3.52. The van der Waals surface area contributed by atoms with Crippen LogP contribution in [0, 0.1) is 0 Å². The number of hydrogen-bond donors (Lipinski definition) is 1. The molecule has 0 amide bonds. The minimum Gasteiger partial charge on any atom is -0.398 e. The van der Waals surface area contributed by atoms with Crippen LogP contribution in [0.1, 0.15) is 15.9 Å². The standard InChI is InChI=1S/C11H10N2OS/c12-10-1-3-13-6-9(10)5-11(14)8-2-4-15-7-8/h1-4,6-7H,5H2,(H2,12,13). The summed E-state index contributed by atoms with van der Waals surface area (Å²) in [5, 5.41) is 3.73. The van der Waals surface area contributed by atoms with Gasteiger partial charge in [0.15, 0.2) is 5.78 Å². The van der Waals surface area contributed by atoms with Crippen molar-refractivity contribution in [2.75, 3.05) is 5.73 Å². The fourth-order valence-corrected chi connectivity index (χ4v) is 1.94. The van der Waals surface area contributed by atoms with E-state index in [1.165, 1.54) is 11.3 Å². The summed E-state index contributed by atoms with van der Waals surface area (Å²) in [6.45, 7) is 0. The highest BCUT2D eigenvalue weighted by Gasteiger charge is 2.09. The van der Waals surface area contributed by atoms with Crippen LogP contribution in [0.4, 0.5) is 5.69 Å². The second kappa shape index (κ2) is 4.23. The fraction of sp³-hybridized carbons (Fsp3) is 0.0909. The van der Waals surface area contributed by atoms with Gasteiger partial charge in [-0.05, 0) is 17.5 Å². The van der Waals surface area contributed by atoms with E-state index in [2.05, 4.69) is 4.98 Å². The molecule has 0 aliphatic rings. The minimum atomic E-state index is 0.0796. The van der Waals surface area contributed by atoms with E-state index in [0.29, 0.717) is 12.1 Å². The highest BCUT2D eigenvalue weighted by atomic mass is 32.1. The van der Waals surface area contributed by atoms with Crippen LogP contribution in [-0.4, -0.2) is 10.8 Å². The molecular formula is C11H10N2OS. The van der Waals surface area contributed by atoms with Crippen molar-refractivity contribution in [3.05, 3.63) is 46.4 Å². The molecule has 2 aromatic heterocycles. The molecule has 0 aliphatic carbocycles. The summed E-state index contributed by atoms with van der Waals surface area (Å²) < 4.78 is 0. The number of pyridine rings is 1. The first-order valence-corrected chi connectivity index (χ1v) is 5.45. The van der Waals surface area contributed by atoms with E-state index >= 15 is 0 Å². The molecule has 2 aromatic rings. The van der Waals surface area contributed by atoms with E-state index in [4.69, 9.17) is 5.73 Å². The lowest BCUT2D eigenvalue weighted by atomic mass is 10.1. The van der Waals surface area contributed by atoms with Crippen molar-refractivity contribution in [1.82, 2.24) is 4.98 Å². The van der Waals surface area contributed by atoms with Gasteiger partial charge in [0.25, 0.3) is 0 Å². The van der Waals surface area contributed by atoms with Crippen LogP contribution in [0.15, 0.2) is 35.3 Å². The maximum absolute atomic E-state index is 11.8. The smallest absolute Gasteiger partial charge is 0.168 e. The summed E-state index contributed by atoms with van der Waals surface area (Å²) in [4.78, 5) is 15.7. The molecule has 0 fully saturated rings. The van der Waals surface area contributed by atoms with Gasteiger partial charge in [-0.25, -0.2) is 0 Å². The second-order valence-corrected chi connectivity index (χ2v) is 3.97. The van der Waals surface area contributed by atoms with Crippen LogP contribution in [0.5, 0.6) is 0 Å². The normalized spacial score (nSPS) is 10.1. The predicted octanol–water partition coefficient (Wildman–Crippen LogP) is 2.15. The van der Waals surface area contributed by atoms with E-state index in [1.807, 2.05) is 16.8 Å². The lowest BCUT2D eigenvalue weighted by Gasteiger charge is -2.02. The van der Waals surface area contributed by atoms with Crippen LogP contribution in [0.2, 0.25) is 0 Å². The van der Waals surface area contributed by atoms with Gasteiger partial charge in [-0.15, -0.1) is 0 Å². The van der Waals surface area contributed by atoms with E-state index in [9.17, 15) is 4.79 Å². The summed E-state index contributed by atoms with van der Waals surface area (Å²) in [5.74, 6) is 0.0796. The number of carbonyl (C=O) groups is 1. The Morgan fingerprint density at radius 3 is 3.00 bits per heavy atom. The molecule has 0 atom stereocenters. The first-order valence-electron chi connectivity index (χ1n) is 4.51. The second-order valence-electron chi connectivity index (χ2n) is 3.19. The van der Waals surface area contributed by atoms with Crippen molar-refractivity contribution in [2.24, 2.45) is 0 Å². The van der Waals surface area contributed by atoms with Crippen molar-refractivity contribution < 1.29 is 4.79 Å². The Hall–Kier alpha value is -1.68. The van der Waals surface area contributed by atoms with Gasteiger partial charge in [-0.2, -0.15) is 11.3 Å². The minimum absolute atomic E-state index is 0.0796. The molecule has 2 N–H and O–H groups in total. The van der Waals surface area contributed by atoms with Crippen molar-refractivity contribution in [3.63, 3.8) is 0 Å². The van der Waals surface area contributed by atoms with Crippen LogP contribution < -0.4 is 5.73 Å². The monoisotopic (exact) mass is 218 g/mol. The fourth-order valence-electron chi connectivity index (χ4n) is 1.28. The van der Waals surface area contributed by atoms with Gasteiger partial charge in [-0.3, -0.25) is 9.78 Å². The molecule has 3 nitrogen and oxygen atoms in total. The number of hydrogen-bond acceptors (Lipinski definition) is 4. The lowest BCUT2D eigenvalue weighted by Crippen LogP contribution is -2.05. The quantitative estimate of drug-likeness (QED) is 0.803. The number of ketones is 1. The van der Waals surface area contributed by atoms with Crippen LogP contribution >= 0.6 is 11.3 Å². The molecular weight excluding hydrogens is 208 g/mol. The average molecular weight is 218 g/mol. The average Bonchev–Trinajstić information content (AvgIpc) is 2.74. The number of Topliss-reactive ketones (excluding diaryl/α,β-unsaturated/α-hetero) is 1. The third-order valence-electron chi connectivity index (χ3n) is 2.14. The number of anilines is 1. The zero-order valence-corrected chi connectivity index (χ0v) is 8.83. The Bertz CT molecular complexity index is 465. The maximum atomic E-state index is 11.8. The molecule has 0 radical (unpaired) electrons. The third kappa shape index (κ3) is 2.22. The van der Waals surface area contributed by atoms with Crippen molar-refractivity contribution >= 4 is 22.8 Å². The number of carbonyl (C=O) groups excluding carboxylic acids is 1.